The fourth-order valence-electron chi connectivity index (χ4n) is 7.72. The molecule has 60 heavy (non-hydrogen) atoms. The first-order chi connectivity index (χ1) is 29.1. The van der Waals surface area contributed by atoms with Crippen LogP contribution < -0.4 is 0 Å². The number of rotatable bonds is 36. The minimum absolute atomic E-state index is 0.202. The van der Waals surface area contributed by atoms with E-state index in [9.17, 15) is 45.3 Å². The molecule has 2 aliphatic heterocycles. The average molecular weight is 865 g/mol. The summed E-state index contributed by atoms with van der Waals surface area (Å²) in [6.45, 7) is 2.31. The molecule has 0 aliphatic carbocycles. The number of hydrogen-bond donors (Lipinski definition) is 7. The molecule has 0 saturated carbocycles. The summed E-state index contributed by atoms with van der Waals surface area (Å²) < 4.78 is 33.7. The van der Waals surface area contributed by atoms with Gasteiger partial charge < -0.3 is 64.2 Å². The first-order valence-electron chi connectivity index (χ1n) is 23.6. The Labute approximate surface area is 359 Å². The van der Waals surface area contributed by atoms with Gasteiger partial charge in [-0.05, 0) is 12.8 Å². The number of aliphatic hydroxyl groups is 7. The van der Waals surface area contributed by atoms with Gasteiger partial charge in [0.15, 0.2) is 12.6 Å². The van der Waals surface area contributed by atoms with Gasteiger partial charge in [0.05, 0.1) is 13.2 Å². The van der Waals surface area contributed by atoms with Crippen molar-refractivity contribution in [1.29, 1.82) is 0 Å². The maximum Gasteiger partial charge on any atom is 0.305 e. The second-order valence-electron chi connectivity index (χ2n) is 16.9. The molecule has 0 spiro atoms. The van der Waals surface area contributed by atoms with E-state index >= 15 is 0 Å². The fraction of sp³-hybridized carbons (Fsp3) is 0.956. The second kappa shape index (κ2) is 34.0. The molecule has 0 aromatic carbocycles. The summed E-state index contributed by atoms with van der Waals surface area (Å²) in [6, 6.07) is 0. The van der Waals surface area contributed by atoms with Crippen LogP contribution in [0.4, 0.5) is 0 Å². The highest BCUT2D eigenvalue weighted by molar-refractivity contribution is 5.69. The largest absolute Gasteiger partial charge is 0.463 e. The zero-order valence-electron chi connectivity index (χ0n) is 37.0. The van der Waals surface area contributed by atoms with E-state index in [1.807, 2.05) is 0 Å². The van der Waals surface area contributed by atoms with E-state index in [0.29, 0.717) is 12.8 Å². The highest BCUT2D eigenvalue weighted by atomic mass is 16.7. The average Bonchev–Trinajstić information content (AvgIpc) is 3.24. The Kier molecular flexibility index (Phi) is 30.9. The summed E-state index contributed by atoms with van der Waals surface area (Å²) in [4.78, 5) is 25.4. The number of esters is 2. The quantitative estimate of drug-likeness (QED) is 0.0315. The molecule has 2 rings (SSSR count). The van der Waals surface area contributed by atoms with Crippen molar-refractivity contribution in [3.05, 3.63) is 0 Å². The Bertz CT molecular complexity index is 1020. The van der Waals surface area contributed by atoms with Crippen LogP contribution in [-0.2, 0) is 38.0 Å². The smallest absolute Gasteiger partial charge is 0.305 e. The van der Waals surface area contributed by atoms with Gasteiger partial charge in [-0.25, -0.2) is 0 Å². The van der Waals surface area contributed by atoms with Gasteiger partial charge in [0, 0.05) is 12.8 Å². The molecule has 0 aromatic heterocycles. The molecule has 2 aliphatic rings. The maximum atomic E-state index is 12.7. The topological polar surface area (TPSA) is 231 Å². The van der Waals surface area contributed by atoms with Gasteiger partial charge in [0.1, 0.15) is 68.1 Å². The Hall–Kier alpha value is -1.50. The van der Waals surface area contributed by atoms with Gasteiger partial charge in [-0.2, -0.15) is 0 Å². The summed E-state index contributed by atoms with van der Waals surface area (Å²) in [5, 5.41) is 72.5. The second-order valence-corrected chi connectivity index (χ2v) is 16.9. The van der Waals surface area contributed by atoms with Crippen LogP contribution in [0.3, 0.4) is 0 Å². The third kappa shape index (κ3) is 22.2. The van der Waals surface area contributed by atoms with Crippen molar-refractivity contribution in [2.45, 2.75) is 248 Å². The molecular weight excluding hydrogens is 780 g/mol. The Morgan fingerprint density at radius 2 is 0.833 bits per heavy atom. The highest BCUT2D eigenvalue weighted by Gasteiger charge is 2.51. The van der Waals surface area contributed by atoms with E-state index in [4.69, 9.17) is 28.4 Å². The van der Waals surface area contributed by atoms with Gasteiger partial charge >= 0.3 is 11.9 Å². The van der Waals surface area contributed by atoms with Gasteiger partial charge in [-0.1, -0.05) is 155 Å². The maximum absolute atomic E-state index is 12.7. The molecule has 0 aromatic rings. The van der Waals surface area contributed by atoms with E-state index in [1.54, 1.807) is 0 Å². The van der Waals surface area contributed by atoms with E-state index in [2.05, 4.69) is 13.8 Å². The minimum Gasteiger partial charge on any atom is -0.463 e. The standard InChI is InChI=1S/C45H84O15/c1-3-5-7-9-11-13-15-17-19-21-23-25-27-36(48)55-31-33(32-56-37(49)28-26-24-22-20-18-16-14-12-10-8-6-4-2)57-44-42(54)40(52)43(35(30-47)59-44)60-45-41(53)39(51)38(50)34(29-46)58-45/h33-35,38-47,50-54H,3-32H2,1-2H3/t34-,35-,38-,39+,40-,41-,42-,43-,44-,45-/m1/s1. The van der Waals surface area contributed by atoms with Crippen LogP contribution in [0.1, 0.15) is 181 Å². The van der Waals surface area contributed by atoms with Crippen LogP contribution in [-0.4, -0.2) is 142 Å². The third-order valence-corrected chi connectivity index (χ3v) is 11.6. The SMILES string of the molecule is CCCCCCCCCCCCCCC(=O)OCC(COC(=O)CCCCCCCCCCCCCC)O[C@@H]1O[C@H](CO)[C@@H](O[C@H]2O[C@H](CO)[C@@H](O)[C@H](O)[C@H]2O)[C@H](O)[C@H]1O. The van der Waals surface area contributed by atoms with Crippen LogP contribution in [0.5, 0.6) is 0 Å². The van der Waals surface area contributed by atoms with E-state index < -0.39 is 92.7 Å². The van der Waals surface area contributed by atoms with Gasteiger partial charge in [-0.3, -0.25) is 9.59 Å². The van der Waals surface area contributed by atoms with Crippen molar-refractivity contribution in [2.75, 3.05) is 26.4 Å². The monoisotopic (exact) mass is 865 g/mol. The zero-order chi connectivity index (χ0) is 44.0. The summed E-state index contributed by atoms with van der Waals surface area (Å²) in [6.07, 6.45) is 10.9. The normalized spacial score (nSPS) is 27.0. The molecule has 0 radical (unpaired) electrons. The van der Waals surface area contributed by atoms with E-state index in [1.165, 1.54) is 103 Å². The molecular formula is C45H84O15. The van der Waals surface area contributed by atoms with Crippen LogP contribution in [0.2, 0.25) is 0 Å². The molecule has 0 amide bonds. The first-order valence-corrected chi connectivity index (χ1v) is 23.6. The van der Waals surface area contributed by atoms with E-state index in [-0.39, 0.29) is 26.1 Å². The summed E-state index contributed by atoms with van der Waals surface area (Å²) >= 11 is 0. The molecule has 2 fully saturated rings. The van der Waals surface area contributed by atoms with E-state index in [0.717, 1.165) is 38.5 Å². The van der Waals surface area contributed by atoms with Crippen molar-refractivity contribution >= 4 is 11.9 Å². The lowest BCUT2D eigenvalue weighted by atomic mass is 9.97. The van der Waals surface area contributed by atoms with Crippen LogP contribution in [0.15, 0.2) is 0 Å². The molecule has 0 bridgehead atoms. The number of carbonyl (C=O) groups is 2. The van der Waals surface area contributed by atoms with Crippen molar-refractivity contribution in [3.63, 3.8) is 0 Å². The fourth-order valence-corrected chi connectivity index (χ4v) is 7.72. The molecule has 15 nitrogen and oxygen atoms in total. The predicted molar refractivity (Wildman–Crippen MR) is 225 cm³/mol. The van der Waals surface area contributed by atoms with Crippen LogP contribution >= 0.6 is 0 Å². The number of aliphatic hydroxyl groups excluding tert-OH is 7. The highest BCUT2D eigenvalue weighted by Crippen LogP contribution is 2.30. The molecule has 2 heterocycles. The predicted octanol–water partition coefficient (Wildman–Crippen LogP) is 5.26. The lowest BCUT2D eigenvalue weighted by Gasteiger charge is -2.46. The van der Waals surface area contributed by atoms with Crippen molar-refractivity contribution in [2.24, 2.45) is 0 Å². The van der Waals surface area contributed by atoms with Gasteiger partial charge in [0.2, 0.25) is 0 Å². The molecule has 15 heteroatoms. The molecule has 0 unspecified atom stereocenters. The van der Waals surface area contributed by atoms with Crippen molar-refractivity contribution < 1.29 is 73.8 Å². The lowest BCUT2D eigenvalue weighted by molar-refractivity contribution is -0.363. The first kappa shape index (κ1) is 54.6. The summed E-state index contributed by atoms with van der Waals surface area (Å²) in [5.41, 5.74) is 0. The molecule has 7 N–H and O–H groups in total. The Morgan fingerprint density at radius 3 is 1.23 bits per heavy atom. The zero-order valence-corrected chi connectivity index (χ0v) is 37.0. The lowest BCUT2D eigenvalue weighted by Crippen LogP contribution is -2.65. The van der Waals surface area contributed by atoms with Crippen molar-refractivity contribution in [1.82, 2.24) is 0 Å². The Morgan fingerprint density at radius 1 is 0.467 bits per heavy atom. The van der Waals surface area contributed by atoms with Crippen molar-refractivity contribution in [3.8, 4) is 0 Å². The minimum atomic E-state index is -1.81. The number of ether oxygens (including phenoxy) is 6. The molecule has 10 atom stereocenters. The summed E-state index contributed by atoms with van der Waals surface area (Å²) in [7, 11) is 0. The van der Waals surface area contributed by atoms with Crippen LogP contribution in [0.25, 0.3) is 0 Å². The molecule has 354 valence electrons. The van der Waals surface area contributed by atoms with Gasteiger partial charge in [-0.15, -0.1) is 0 Å². The Balaban J connectivity index is 1.87. The van der Waals surface area contributed by atoms with Gasteiger partial charge in [0.25, 0.3) is 0 Å². The molecule has 2 saturated heterocycles. The van der Waals surface area contributed by atoms with Crippen LogP contribution in [0, 0.1) is 0 Å². The summed E-state index contributed by atoms with van der Waals surface area (Å²) in [5.74, 6) is -0.908. The number of hydrogen-bond acceptors (Lipinski definition) is 15. The number of unbranched alkanes of at least 4 members (excludes halogenated alkanes) is 22. The third-order valence-electron chi connectivity index (χ3n) is 11.6. The number of carbonyl (C=O) groups excluding carboxylic acids is 2.